The van der Waals surface area contributed by atoms with Gasteiger partial charge >= 0.3 is 0 Å². The Bertz CT molecular complexity index is 829. The molecule has 0 radical (unpaired) electrons. The van der Waals surface area contributed by atoms with Gasteiger partial charge in [0.2, 0.25) is 0 Å². The van der Waals surface area contributed by atoms with Gasteiger partial charge in [0.05, 0.1) is 4.90 Å². The molecule has 2 N–H and O–H groups in total. The van der Waals surface area contributed by atoms with E-state index in [1.165, 1.54) is 12.1 Å². The minimum absolute atomic E-state index is 0.0988. The van der Waals surface area contributed by atoms with Crippen LogP contribution in [0.15, 0.2) is 53.4 Å². The summed E-state index contributed by atoms with van der Waals surface area (Å²) in [4.78, 5) is 0.115. The van der Waals surface area contributed by atoms with Crippen LogP contribution >= 0.6 is 0 Å². The first-order valence-electron chi connectivity index (χ1n) is 7.88. The first-order valence-corrected chi connectivity index (χ1v) is 9.36. The van der Waals surface area contributed by atoms with E-state index in [9.17, 15) is 17.2 Å². The molecule has 0 atom stereocenters. The van der Waals surface area contributed by atoms with Crippen molar-refractivity contribution in [3.63, 3.8) is 0 Å². The summed E-state index contributed by atoms with van der Waals surface area (Å²) < 4.78 is 53.4. The van der Waals surface area contributed by atoms with E-state index in [1.54, 1.807) is 18.2 Å². The van der Waals surface area contributed by atoms with Crippen LogP contribution in [-0.2, 0) is 14.6 Å². The smallest absolute Gasteiger partial charge is 0.188 e. The van der Waals surface area contributed by atoms with Crippen molar-refractivity contribution in [3.8, 4) is 0 Å². The maximum atomic E-state index is 14.5. The third-order valence-electron chi connectivity index (χ3n) is 4.83. The molecule has 2 aromatic carbocycles. The normalized spacial score (nSPS) is 24.7. The number of halogens is 2. The van der Waals surface area contributed by atoms with Gasteiger partial charge in [-0.05, 0) is 56.0 Å². The number of rotatable bonds is 3. The maximum absolute atomic E-state index is 14.5. The largest absolute Gasteiger partial charge is 0.328 e. The summed E-state index contributed by atoms with van der Waals surface area (Å²) in [7, 11) is -3.90. The van der Waals surface area contributed by atoms with Crippen molar-refractivity contribution < 1.29 is 17.2 Å². The minimum Gasteiger partial charge on any atom is -0.328 e. The molecule has 128 valence electrons. The highest BCUT2D eigenvalue weighted by Crippen LogP contribution is 2.47. The molecule has 0 saturated heterocycles. The first kappa shape index (κ1) is 17.0. The summed E-state index contributed by atoms with van der Waals surface area (Å²) in [5.74, 6) is -1.35. The number of sulfone groups is 1. The molecule has 3 rings (SSSR count). The average molecular weight is 351 g/mol. The van der Waals surface area contributed by atoms with Gasteiger partial charge in [0.15, 0.2) is 9.84 Å². The second kappa shape index (κ2) is 6.26. The van der Waals surface area contributed by atoms with E-state index in [0.717, 1.165) is 18.2 Å². The van der Waals surface area contributed by atoms with Crippen molar-refractivity contribution in [2.45, 2.75) is 41.4 Å². The lowest BCUT2D eigenvalue weighted by Gasteiger charge is -2.39. The molecule has 1 fully saturated rings. The average Bonchev–Trinajstić information content (AvgIpc) is 2.59. The summed E-state index contributed by atoms with van der Waals surface area (Å²) in [6, 6.07) is 10.8. The van der Waals surface area contributed by atoms with Gasteiger partial charge in [-0.2, -0.15) is 0 Å². The predicted octanol–water partition coefficient (Wildman–Crippen LogP) is 3.54. The van der Waals surface area contributed by atoms with E-state index in [4.69, 9.17) is 5.73 Å². The van der Waals surface area contributed by atoms with E-state index in [-0.39, 0.29) is 29.3 Å². The lowest BCUT2D eigenvalue weighted by molar-refractivity contribution is 0.337. The lowest BCUT2D eigenvalue weighted by atomic mass is 9.81. The molecule has 0 amide bonds. The Balaban J connectivity index is 2.23. The number of benzene rings is 2. The summed E-state index contributed by atoms with van der Waals surface area (Å²) in [6.07, 6.45) is 1.24. The SMILES string of the molecule is NC1CCC(c2cc(F)ccc2F)(S(=O)(=O)c2ccccc2)CC1. The first-order chi connectivity index (χ1) is 11.4. The van der Waals surface area contributed by atoms with Crippen molar-refractivity contribution in [2.24, 2.45) is 5.73 Å². The van der Waals surface area contributed by atoms with Crippen LogP contribution in [0.1, 0.15) is 31.2 Å². The van der Waals surface area contributed by atoms with Gasteiger partial charge in [-0.3, -0.25) is 0 Å². The molecule has 6 heteroatoms. The highest BCUT2D eigenvalue weighted by Gasteiger charge is 2.49. The zero-order valence-electron chi connectivity index (χ0n) is 13.1. The van der Waals surface area contributed by atoms with Crippen molar-refractivity contribution in [2.75, 3.05) is 0 Å². The van der Waals surface area contributed by atoms with E-state index >= 15 is 0 Å². The van der Waals surface area contributed by atoms with Crippen LogP contribution in [0, 0.1) is 11.6 Å². The molecule has 2 aromatic rings. The second-order valence-electron chi connectivity index (χ2n) is 6.27. The van der Waals surface area contributed by atoms with Crippen LogP contribution in [0.4, 0.5) is 8.78 Å². The minimum atomic E-state index is -3.90. The van der Waals surface area contributed by atoms with Crippen molar-refractivity contribution in [1.82, 2.24) is 0 Å². The van der Waals surface area contributed by atoms with Gasteiger partial charge in [0.25, 0.3) is 0 Å². The van der Waals surface area contributed by atoms with Gasteiger partial charge in [-0.25, -0.2) is 17.2 Å². The van der Waals surface area contributed by atoms with Crippen LogP contribution in [0.25, 0.3) is 0 Å². The molecule has 1 aliphatic rings. The summed E-state index contributed by atoms with van der Waals surface area (Å²) in [5, 5.41) is 0. The Morgan fingerprint density at radius 2 is 1.62 bits per heavy atom. The van der Waals surface area contributed by atoms with E-state index in [0.29, 0.717) is 12.8 Å². The third kappa shape index (κ3) is 2.74. The van der Waals surface area contributed by atoms with Crippen molar-refractivity contribution in [3.05, 3.63) is 65.7 Å². The topological polar surface area (TPSA) is 60.2 Å². The van der Waals surface area contributed by atoms with Gasteiger partial charge in [0.1, 0.15) is 16.4 Å². The van der Waals surface area contributed by atoms with Gasteiger partial charge < -0.3 is 5.73 Å². The van der Waals surface area contributed by atoms with Crippen LogP contribution in [-0.4, -0.2) is 14.5 Å². The number of hydrogen-bond donors (Lipinski definition) is 1. The van der Waals surface area contributed by atoms with Crippen LogP contribution in [0.2, 0.25) is 0 Å². The van der Waals surface area contributed by atoms with Gasteiger partial charge in [-0.1, -0.05) is 18.2 Å². The molecular weight excluding hydrogens is 332 g/mol. The van der Waals surface area contributed by atoms with Crippen molar-refractivity contribution >= 4 is 9.84 Å². The monoisotopic (exact) mass is 351 g/mol. The summed E-state index contributed by atoms with van der Waals surface area (Å²) in [5.41, 5.74) is 5.82. The van der Waals surface area contributed by atoms with E-state index in [1.807, 2.05) is 0 Å². The fourth-order valence-electron chi connectivity index (χ4n) is 3.46. The molecule has 0 unspecified atom stereocenters. The lowest BCUT2D eigenvalue weighted by Crippen LogP contribution is -2.43. The quantitative estimate of drug-likeness (QED) is 0.920. The Hall–Kier alpha value is -1.79. The van der Waals surface area contributed by atoms with Crippen LogP contribution in [0.3, 0.4) is 0 Å². The highest BCUT2D eigenvalue weighted by molar-refractivity contribution is 7.92. The Kier molecular flexibility index (Phi) is 4.44. The molecule has 1 saturated carbocycles. The molecule has 3 nitrogen and oxygen atoms in total. The Labute approximate surface area is 140 Å². The molecule has 0 aliphatic heterocycles. The van der Waals surface area contributed by atoms with E-state index in [2.05, 4.69) is 0 Å². The third-order valence-corrected chi connectivity index (χ3v) is 7.37. The fraction of sp³-hybridized carbons (Fsp3) is 0.333. The second-order valence-corrected chi connectivity index (χ2v) is 8.53. The Morgan fingerprint density at radius 1 is 1.00 bits per heavy atom. The molecule has 1 aliphatic carbocycles. The number of hydrogen-bond acceptors (Lipinski definition) is 3. The highest BCUT2D eigenvalue weighted by atomic mass is 32.2. The predicted molar refractivity (Wildman–Crippen MR) is 88.1 cm³/mol. The standard InChI is InChI=1S/C18H19F2NO2S/c19-13-6-7-17(20)16(12-13)18(10-8-14(21)9-11-18)24(22,23)15-4-2-1-3-5-15/h1-7,12,14H,8-11,21H2. The summed E-state index contributed by atoms with van der Waals surface area (Å²) >= 11 is 0. The molecule has 24 heavy (non-hydrogen) atoms. The Morgan fingerprint density at radius 3 is 2.25 bits per heavy atom. The van der Waals surface area contributed by atoms with Crippen molar-refractivity contribution in [1.29, 1.82) is 0 Å². The molecule has 0 spiro atoms. The fourth-order valence-corrected chi connectivity index (χ4v) is 5.65. The number of nitrogens with two attached hydrogens (primary N) is 1. The van der Waals surface area contributed by atoms with Crippen LogP contribution < -0.4 is 5.73 Å². The van der Waals surface area contributed by atoms with Gasteiger partial charge in [0, 0.05) is 11.6 Å². The maximum Gasteiger partial charge on any atom is 0.188 e. The molecule has 0 aromatic heterocycles. The molecular formula is C18H19F2NO2S. The zero-order chi connectivity index (χ0) is 17.4. The molecule has 0 heterocycles. The molecule has 0 bridgehead atoms. The van der Waals surface area contributed by atoms with Crippen LogP contribution in [0.5, 0.6) is 0 Å². The summed E-state index contributed by atoms with van der Waals surface area (Å²) in [6.45, 7) is 0. The van der Waals surface area contributed by atoms with Gasteiger partial charge in [-0.15, -0.1) is 0 Å². The zero-order valence-corrected chi connectivity index (χ0v) is 13.9. The van der Waals surface area contributed by atoms with E-state index < -0.39 is 26.2 Å².